The first kappa shape index (κ1) is 18.6. The Balaban J connectivity index is 1.91. The van der Waals surface area contributed by atoms with Crippen molar-refractivity contribution >= 4 is 49.6 Å². The number of halogens is 3. The Hall–Kier alpha value is -2.72. The van der Waals surface area contributed by atoms with Gasteiger partial charge in [-0.25, -0.2) is 8.78 Å². The van der Waals surface area contributed by atoms with E-state index in [4.69, 9.17) is 4.74 Å². The monoisotopic (exact) mass is 438 g/mol. The highest BCUT2D eigenvalue weighted by Gasteiger charge is 2.14. The molecule has 0 saturated carbocycles. The van der Waals surface area contributed by atoms with Gasteiger partial charge in [0.1, 0.15) is 5.75 Å². The molecule has 140 valence electrons. The fourth-order valence-corrected chi connectivity index (χ4v) is 3.77. The molecule has 0 aliphatic heterocycles. The number of ether oxygens (including phenoxy) is 1. The Morgan fingerprint density at radius 1 is 0.821 bits per heavy atom. The lowest BCUT2D eigenvalue weighted by Crippen LogP contribution is -1.93. The van der Waals surface area contributed by atoms with Crippen molar-refractivity contribution in [2.24, 2.45) is 0 Å². The number of aryl methyl sites for hydroxylation is 1. The second-order valence-electron chi connectivity index (χ2n) is 6.65. The molecule has 0 fully saturated rings. The van der Waals surface area contributed by atoms with Crippen LogP contribution < -0.4 is 4.74 Å². The summed E-state index contributed by atoms with van der Waals surface area (Å²) in [5, 5.41) is 2.70. The third kappa shape index (κ3) is 3.18. The summed E-state index contributed by atoms with van der Waals surface area (Å²) in [6, 6.07) is 16.5. The first-order chi connectivity index (χ1) is 13.5. The average Bonchev–Trinajstić information content (AvgIpc) is 2.71. The van der Waals surface area contributed by atoms with Crippen LogP contribution in [0.25, 0.3) is 33.7 Å². The van der Waals surface area contributed by atoms with Crippen LogP contribution in [0.15, 0.2) is 59.1 Å². The van der Waals surface area contributed by atoms with Crippen molar-refractivity contribution in [1.82, 2.24) is 0 Å². The first-order valence-corrected chi connectivity index (χ1v) is 9.60. The largest absolute Gasteiger partial charge is 0.497 e. The highest BCUT2D eigenvalue weighted by molar-refractivity contribution is 9.10. The third-order valence-electron chi connectivity index (χ3n) is 4.92. The van der Waals surface area contributed by atoms with Crippen LogP contribution in [-0.4, -0.2) is 7.11 Å². The van der Waals surface area contributed by atoms with Gasteiger partial charge in [-0.1, -0.05) is 48.6 Å². The summed E-state index contributed by atoms with van der Waals surface area (Å²) in [4.78, 5) is 0. The lowest BCUT2D eigenvalue weighted by atomic mass is 9.98. The van der Waals surface area contributed by atoms with Crippen LogP contribution in [0, 0.1) is 18.6 Å². The van der Waals surface area contributed by atoms with Gasteiger partial charge in [0.2, 0.25) is 0 Å². The first-order valence-electron chi connectivity index (χ1n) is 8.81. The molecule has 0 amide bonds. The topological polar surface area (TPSA) is 9.23 Å². The number of hydrogen-bond acceptors (Lipinski definition) is 1. The summed E-state index contributed by atoms with van der Waals surface area (Å²) in [5.41, 5.74) is 2.19. The number of fused-ring (bicyclic) bond motifs is 3. The summed E-state index contributed by atoms with van der Waals surface area (Å²) >= 11 is 3.54. The Morgan fingerprint density at radius 2 is 1.57 bits per heavy atom. The van der Waals surface area contributed by atoms with Crippen LogP contribution in [0.2, 0.25) is 0 Å². The Kier molecular flexibility index (Phi) is 4.90. The fraction of sp³-hybridized carbons (Fsp3) is 0.0833. The molecule has 4 rings (SSSR count). The van der Waals surface area contributed by atoms with E-state index in [0.29, 0.717) is 5.39 Å². The van der Waals surface area contributed by atoms with E-state index in [1.165, 1.54) is 0 Å². The second kappa shape index (κ2) is 7.36. The Labute approximate surface area is 170 Å². The number of hydrogen-bond donors (Lipinski definition) is 0. The highest BCUT2D eigenvalue weighted by Crippen LogP contribution is 2.33. The van der Waals surface area contributed by atoms with E-state index >= 15 is 0 Å². The fourth-order valence-electron chi connectivity index (χ4n) is 3.37. The molecule has 0 aliphatic rings. The zero-order valence-electron chi connectivity index (χ0n) is 15.4. The quantitative estimate of drug-likeness (QED) is 0.237. The molecule has 4 aromatic carbocycles. The SMILES string of the molecule is COc1ccc2c(ccc3c(F)c(F)c(/C=C\c4cccc(C)c4Br)cc32)c1. The van der Waals surface area contributed by atoms with Crippen molar-refractivity contribution in [3.05, 3.63) is 87.4 Å². The van der Waals surface area contributed by atoms with E-state index in [2.05, 4.69) is 15.9 Å². The smallest absolute Gasteiger partial charge is 0.167 e. The molecule has 0 atom stereocenters. The average molecular weight is 439 g/mol. The molecule has 4 heteroatoms. The number of rotatable bonds is 3. The van der Waals surface area contributed by atoms with Crippen LogP contribution in [0.5, 0.6) is 5.75 Å². The molecule has 0 unspecified atom stereocenters. The molecular weight excluding hydrogens is 422 g/mol. The molecule has 0 saturated heterocycles. The molecule has 28 heavy (non-hydrogen) atoms. The van der Waals surface area contributed by atoms with Gasteiger partial charge in [-0.3, -0.25) is 0 Å². The van der Waals surface area contributed by atoms with E-state index in [0.717, 1.165) is 32.1 Å². The summed E-state index contributed by atoms with van der Waals surface area (Å²) in [7, 11) is 1.60. The molecule has 0 N–H and O–H groups in total. The van der Waals surface area contributed by atoms with Crippen LogP contribution in [0.3, 0.4) is 0 Å². The van der Waals surface area contributed by atoms with Crippen molar-refractivity contribution in [3.63, 3.8) is 0 Å². The van der Waals surface area contributed by atoms with Gasteiger partial charge >= 0.3 is 0 Å². The Morgan fingerprint density at radius 3 is 2.36 bits per heavy atom. The maximum Gasteiger partial charge on any atom is 0.167 e. The van der Waals surface area contributed by atoms with E-state index in [1.54, 1.807) is 37.5 Å². The summed E-state index contributed by atoms with van der Waals surface area (Å²) in [6.07, 6.45) is 3.40. The zero-order chi connectivity index (χ0) is 19.8. The minimum atomic E-state index is -0.847. The molecule has 0 radical (unpaired) electrons. The standard InChI is InChI=1S/C24H17BrF2O/c1-14-4-3-5-15(22(14)25)6-7-17-13-21-19-11-9-18(28-2)12-16(19)8-10-20(21)24(27)23(17)26/h3-13H,1-2H3/b7-6-. The van der Waals surface area contributed by atoms with E-state index in [-0.39, 0.29) is 10.9 Å². The van der Waals surface area contributed by atoms with Crippen molar-refractivity contribution in [3.8, 4) is 5.75 Å². The third-order valence-corrected chi connectivity index (χ3v) is 6.00. The van der Waals surface area contributed by atoms with Gasteiger partial charge in [0.25, 0.3) is 0 Å². The van der Waals surface area contributed by atoms with E-state index in [1.807, 2.05) is 43.3 Å². The molecule has 1 nitrogen and oxygen atoms in total. The molecule has 4 aromatic rings. The zero-order valence-corrected chi connectivity index (χ0v) is 17.0. The van der Waals surface area contributed by atoms with E-state index in [9.17, 15) is 8.78 Å². The van der Waals surface area contributed by atoms with Gasteiger partial charge in [0, 0.05) is 15.4 Å². The van der Waals surface area contributed by atoms with Crippen LogP contribution in [0.1, 0.15) is 16.7 Å². The molecule has 0 aliphatic carbocycles. The minimum absolute atomic E-state index is 0.210. The lowest BCUT2D eigenvalue weighted by Gasteiger charge is -2.09. The van der Waals surface area contributed by atoms with Gasteiger partial charge in [-0.05, 0) is 68.3 Å². The van der Waals surface area contributed by atoms with Crippen molar-refractivity contribution in [1.29, 1.82) is 0 Å². The highest BCUT2D eigenvalue weighted by atomic mass is 79.9. The van der Waals surface area contributed by atoms with Crippen LogP contribution in [-0.2, 0) is 0 Å². The normalized spacial score (nSPS) is 11.6. The van der Waals surface area contributed by atoms with Gasteiger partial charge < -0.3 is 4.74 Å². The number of methoxy groups -OCH3 is 1. The van der Waals surface area contributed by atoms with Gasteiger partial charge in [-0.15, -0.1) is 0 Å². The molecule has 0 aromatic heterocycles. The summed E-state index contributed by atoms with van der Waals surface area (Å²) in [5.74, 6) is -0.961. The minimum Gasteiger partial charge on any atom is -0.497 e. The predicted octanol–water partition coefficient (Wildman–Crippen LogP) is 7.52. The molecule has 0 spiro atoms. The lowest BCUT2D eigenvalue weighted by molar-refractivity contribution is 0.415. The second-order valence-corrected chi connectivity index (χ2v) is 7.45. The van der Waals surface area contributed by atoms with E-state index < -0.39 is 11.6 Å². The van der Waals surface area contributed by atoms with Crippen LogP contribution in [0.4, 0.5) is 8.78 Å². The van der Waals surface area contributed by atoms with Gasteiger partial charge in [0.05, 0.1) is 7.11 Å². The Bertz CT molecular complexity index is 1240. The molecule has 0 bridgehead atoms. The van der Waals surface area contributed by atoms with Crippen molar-refractivity contribution in [2.45, 2.75) is 6.92 Å². The summed E-state index contributed by atoms with van der Waals surface area (Å²) < 4.78 is 35.6. The van der Waals surface area contributed by atoms with Gasteiger partial charge in [-0.2, -0.15) is 0 Å². The molecular formula is C24H17BrF2O. The maximum absolute atomic E-state index is 14.8. The number of benzene rings is 4. The summed E-state index contributed by atoms with van der Waals surface area (Å²) in [6.45, 7) is 1.98. The van der Waals surface area contributed by atoms with Crippen LogP contribution >= 0.6 is 15.9 Å². The molecule has 0 heterocycles. The van der Waals surface area contributed by atoms with Crippen molar-refractivity contribution < 1.29 is 13.5 Å². The van der Waals surface area contributed by atoms with Gasteiger partial charge in [0.15, 0.2) is 11.6 Å². The predicted molar refractivity (Wildman–Crippen MR) is 116 cm³/mol. The maximum atomic E-state index is 14.8. The van der Waals surface area contributed by atoms with Crippen molar-refractivity contribution in [2.75, 3.05) is 7.11 Å².